The lowest BCUT2D eigenvalue weighted by Gasteiger charge is -2.18. The summed E-state index contributed by atoms with van der Waals surface area (Å²) in [5, 5.41) is 13.8. The smallest absolute Gasteiger partial charge is 0.318 e. The van der Waals surface area contributed by atoms with E-state index in [1.807, 2.05) is 45.9 Å². The van der Waals surface area contributed by atoms with Crippen LogP contribution in [0.2, 0.25) is 0 Å². The quantitative estimate of drug-likeness (QED) is 0.793. The fraction of sp³-hybridized carbons (Fsp3) is 0.400. The third-order valence-corrected chi connectivity index (χ3v) is 4.84. The van der Waals surface area contributed by atoms with Crippen molar-refractivity contribution in [3.8, 4) is 5.69 Å². The molecule has 0 spiro atoms. The number of imide groups is 1. The molecule has 1 aromatic carbocycles. The molecule has 0 bridgehead atoms. The van der Waals surface area contributed by atoms with Gasteiger partial charge >= 0.3 is 6.03 Å². The third kappa shape index (κ3) is 4.10. The van der Waals surface area contributed by atoms with E-state index in [0.29, 0.717) is 5.16 Å². The van der Waals surface area contributed by atoms with Crippen LogP contribution in [0.15, 0.2) is 23.4 Å². The number of benzene rings is 1. The highest BCUT2D eigenvalue weighted by molar-refractivity contribution is 8.00. The molecule has 24 heavy (non-hydrogen) atoms. The molecule has 0 unspecified atom stereocenters. The van der Waals surface area contributed by atoms with Crippen LogP contribution >= 0.6 is 11.8 Å². The fourth-order valence-electron chi connectivity index (χ4n) is 2.25. The lowest BCUT2D eigenvalue weighted by atomic mass is 10.1. The van der Waals surface area contributed by atoms with Gasteiger partial charge in [-0.15, -0.1) is 5.10 Å². The summed E-state index contributed by atoms with van der Waals surface area (Å²) in [5.74, 6) is -0.503. The first-order valence-electron chi connectivity index (χ1n) is 7.42. The Hall–Kier alpha value is -2.42. The van der Waals surface area contributed by atoms with Crippen molar-refractivity contribution in [2.24, 2.45) is 11.7 Å². The molecule has 3 amide bonds. The van der Waals surface area contributed by atoms with E-state index < -0.39 is 17.2 Å². The number of nitrogens with zero attached hydrogens (tertiary/aromatic N) is 4. The van der Waals surface area contributed by atoms with E-state index >= 15 is 0 Å². The number of thioether (sulfide) groups is 1. The van der Waals surface area contributed by atoms with Crippen molar-refractivity contribution >= 4 is 23.7 Å². The second kappa shape index (κ2) is 7.43. The van der Waals surface area contributed by atoms with Gasteiger partial charge in [0.2, 0.25) is 11.1 Å². The number of nitrogens with two attached hydrogens (primary N) is 1. The highest BCUT2D eigenvalue weighted by Gasteiger charge is 2.27. The zero-order valence-electron chi connectivity index (χ0n) is 14.0. The van der Waals surface area contributed by atoms with Crippen molar-refractivity contribution in [1.29, 1.82) is 0 Å². The minimum atomic E-state index is -0.875. The zero-order valence-corrected chi connectivity index (χ0v) is 14.8. The Morgan fingerprint density at radius 1 is 1.29 bits per heavy atom. The number of primary amides is 1. The normalized spacial score (nSPS) is 12.2. The van der Waals surface area contributed by atoms with E-state index in [1.54, 1.807) is 4.68 Å². The topological polar surface area (TPSA) is 116 Å². The summed E-state index contributed by atoms with van der Waals surface area (Å²) in [6, 6.07) is 5.06. The van der Waals surface area contributed by atoms with Crippen LogP contribution in [0.5, 0.6) is 0 Å². The molecule has 0 saturated heterocycles. The number of hydrogen-bond acceptors (Lipinski definition) is 6. The first-order valence-corrected chi connectivity index (χ1v) is 8.30. The van der Waals surface area contributed by atoms with E-state index in [9.17, 15) is 9.59 Å². The first-order chi connectivity index (χ1) is 11.3. The third-order valence-electron chi connectivity index (χ3n) is 3.36. The average Bonchev–Trinajstić information content (AvgIpc) is 2.91. The van der Waals surface area contributed by atoms with Crippen molar-refractivity contribution in [3.05, 3.63) is 29.3 Å². The van der Waals surface area contributed by atoms with Gasteiger partial charge in [0.25, 0.3) is 0 Å². The van der Waals surface area contributed by atoms with Crippen LogP contribution in [0.3, 0.4) is 0 Å². The molecular weight excluding hydrogens is 328 g/mol. The minimum absolute atomic E-state index is 0.0429. The van der Waals surface area contributed by atoms with Gasteiger partial charge in [0.05, 0.1) is 10.9 Å². The molecule has 2 aromatic rings. The SMILES string of the molecule is Cc1ccc(-n2nnnc2S[C@@H](C(=O)NC(N)=O)C(C)C)c(C)c1. The Balaban J connectivity index is 2.31. The molecule has 0 aliphatic rings. The molecule has 9 heteroatoms. The van der Waals surface area contributed by atoms with Crippen LogP contribution in [0.1, 0.15) is 25.0 Å². The number of amides is 3. The van der Waals surface area contributed by atoms with E-state index in [4.69, 9.17) is 5.73 Å². The molecule has 0 aliphatic heterocycles. The van der Waals surface area contributed by atoms with Gasteiger partial charge < -0.3 is 5.73 Å². The van der Waals surface area contributed by atoms with Crippen molar-refractivity contribution in [3.63, 3.8) is 0 Å². The maximum absolute atomic E-state index is 12.2. The number of aromatic nitrogens is 4. The molecule has 2 rings (SSSR count). The van der Waals surface area contributed by atoms with Gasteiger partial charge in [0.1, 0.15) is 0 Å². The van der Waals surface area contributed by atoms with Gasteiger partial charge in [-0.05, 0) is 41.8 Å². The predicted molar refractivity (Wildman–Crippen MR) is 90.8 cm³/mol. The summed E-state index contributed by atoms with van der Waals surface area (Å²) in [7, 11) is 0. The molecule has 1 heterocycles. The molecule has 3 N–H and O–H groups in total. The summed E-state index contributed by atoms with van der Waals surface area (Å²) >= 11 is 1.19. The zero-order chi connectivity index (χ0) is 17.9. The Morgan fingerprint density at radius 2 is 2.00 bits per heavy atom. The summed E-state index contributed by atoms with van der Waals surface area (Å²) in [5.41, 5.74) is 8.03. The van der Waals surface area contributed by atoms with Crippen LogP contribution < -0.4 is 11.1 Å². The predicted octanol–water partition coefficient (Wildman–Crippen LogP) is 1.59. The van der Waals surface area contributed by atoms with Crippen LogP contribution in [0, 0.1) is 19.8 Å². The average molecular weight is 348 g/mol. The molecule has 0 radical (unpaired) electrons. The van der Waals surface area contributed by atoms with Crippen LogP contribution in [0.4, 0.5) is 4.79 Å². The van der Waals surface area contributed by atoms with Gasteiger partial charge in [0, 0.05) is 0 Å². The standard InChI is InChI=1S/C15H20N6O2S/c1-8(2)12(13(22)17-14(16)23)24-15-18-19-20-21(15)11-6-5-9(3)7-10(11)4/h5-8,12H,1-4H3,(H3,16,17,22,23)/t12-/m1/s1. The van der Waals surface area contributed by atoms with E-state index in [1.165, 1.54) is 11.8 Å². The number of carbonyl (C=O) groups is 2. The Labute approximate surface area is 144 Å². The second-order valence-electron chi connectivity index (χ2n) is 5.80. The highest BCUT2D eigenvalue weighted by atomic mass is 32.2. The van der Waals surface area contributed by atoms with Gasteiger partial charge in [-0.3, -0.25) is 10.1 Å². The van der Waals surface area contributed by atoms with Crippen molar-refractivity contribution in [1.82, 2.24) is 25.5 Å². The maximum atomic E-state index is 12.2. The van der Waals surface area contributed by atoms with Crippen molar-refractivity contribution < 1.29 is 9.59 Å². The number of rotatable bonds is 5. The summed E-state index contributed by atoms with van der Waals surface area (Å²) in [4.78, 5) is 23.1. The number of hydrogen-bond donors (Lipinski definition) is 2. The summed E-state index contributed by atoms with van der Waals surface area (Å²) in [6.07, 6.45) is 0. The lowest BCUT2D eigenvalue weighted by Crippen LogP contribution is -2.42. The Bertz CT molecular complexity index is 758. The molecule has 1 atom stereocenters. The fourth-order valence-corrected chi connectivity index (χ4v) is 3.23. The van der Waals surface area contributed by atoms with Crippen molar-refractivity contribution in [2.45, 2.75) is 38.1 Å². The highest BCUT2D eigenvalue weighted by Crippen LogP contribution is 2.28. The van der Waals surface area contributed by atoms with Gasteiger partial charge in [-0.2, -0.15) is 4.68 Å². The first kappa shape index (κ1) is 17.9. The van der Waals surface area contributed by atoms with Gasteiger partial charge in [0.15, 0.2) is 0 Å². The van der Waals surface area contributed by atoms with E-state index in [2.05, 4.69) is 20.8 Å². The van der Waals surface area contributed by atoms with Crippen LogP contribution in [-0.2, 0) is 4.79 Å². The largest absolute Gasteiger partial charge is 0.351 e. The van der Waals surface area contributed by atoms with Gasteiger partial charge in [-0.25, -0.2) is 4.79 Å². The molecule has 0 fully saturated rings. The van der Waals surface area contributed by atoms with Crippen molar-refractivity contribution in [2.75, 3.05) is 0 Å². The summed E-state index contributed by atoms with van der Waals surface area (Å²) < 4.78 is 1.59. The molecule has 1 aromatic heterocycles. The van der Waals surface area contributed by atoms with E-state index in [-0.39, 0.29) is 5.92 Å². The lowest BCUT2D eigenvalue weighted by molar-refractivity contribution is -0.120. The monoisotopic (exact) mass is 348 g/mol. The Kier molecular flexibility index (Phi) is 5.55. The second-order valence-corrected chi connectivity index (χ2v) is 6.91. The van der Waals surface area contributed by atoms with E-state index in [0.717, 1.165) is 16.8 Å². The summed E-state index contributed by atoms with van der Waals surface area (Å²) in [6.45, 7) is 7.74. The maximum Gasteiger partial charge on any atom is 0.318 e. The molecule has 8 nitrogen and oxygen atoms in total. The number of nitrogens with one attached hydrogen (secondary N) is 1. The molecule has 0 saturated carbocycles. The van der Waals surface area contributed by atoms with Crippen LogP contribution in [0.25, 0.3) is 5.69 Å². The number of urea groups is 1. The minimum Gasteiger partial charge on any atom is -0.351 e. The van der Waals surface area contributed by atoms with Crippen LogP contribution in [-0.4, -0.2) is 37.4 Å². The molecule has 128 valence electrons. The molecule has 0 aliphatic carbocycles. The number of aryl methyl sites for hydroxylation is 2. The number of tetrazole rings is 1. The molecular formula is C15H20N6O2S. The Morgan fingerprint density at radius 3 is 2.58 bits per heavy atom. The number of carbonyl (C=O) groups excluding carboxylic acids is 2. The van der Waals surface area contributed by atoms with Gasteiger partial charge in [-0.1, -0.05) is 43.3 Å².